The molecule has 0 aromatic heterocycles. The number of nitrogens with two attached hydrogens (primary N) is 1. The summed E-state index contributed by atoms with van der Waals surface area (Å²) in [5, 5.41) is 8.83. The van der Waals surface area contributed by atoms with Crippen molar-refractivity contribution >= 4 is 5.97 Å². The second kappa shape index (κ2) is 7.66. The van der Waals surface area contributed by atoms with Gasteiger partial charge in [-0.05, 0) is 43.6 Å². The van der Waals surface area contributed by atoms with Crippen LogP contribution in [0.1, 0.15) is 59.3 Å². The highest BCUT2D eigenvalue weighted by molar-refractivity contribution is 5.67. The first-order chi connectivity index (χ1) is 7.62. The number of carbonyl (C=O) groups is 1. The van der Waals surface area contributed by atoms with E-state index in [-0.39, 0.29) is 11.8 Å². The van der Waals surface area contributed by atoms with Crippen molar-refractivity contribution < 1.29 is 9.90 Å². The molecule has 16 heavy (non-hydrogen) atoms. The number of aliphatic carboxylic acids is 1. The Bertz CT molecular complexity index is 196. The largest absolute Gasteiger partial charge is 0.481 e. The van der Waals surface area contributed by atoms with Gasteiger partial charge in [0.05, 0.1) is 6.42 Å². The predicted octanol–water partition coefficient (Wildman–Crippen LogP) is 3.03. The summed E-state index contributed by atoms with van der Waals surface area (Å²) >= 11 is 0. The third-order valence-electron chi connectivity index (χ3n) is 3.70. The standard InChI is InChI=1S/C11H21NO2.C2H6/c1-2-9-3-5-11(8-12,6-4-9)7-10(13)14;1-2/h9H,2-8,12H2,1H3,(H,13,14);1-2H3. The fourth-order valence-electron chi connectivity index (χ4n) is 2.47. The Balaban J connectivity index is 0.00000106. The highest BCUT2D eigenvalue weighted by atomic mass is 16.4. The number of hydrogen-bond acceptors (Lipinski definition) is 2. The van der Waals surface area contributed by atoms with Crippen LogP contribution in [0.5, 0.6) is 0 Å². The van der Waals surface area contributed by atoms with E-state index in [4.69, 9.17) is 10.8 Å². The molecule has 1 rings (SSSR count). The maximum Gasteiger partial charge on any atom is 0.303 e. The minimum absolute atomic E-state index is 0.0997. The Labute approximate surface area is 99.4 Å². The van der Waals surface area contributed by atoms with Crippen LogP contribution in [0.15, 0.2) is 0 Å². The molecule has 3 nitrogen and oxygen atoms in total. The van der Waals surface area contributed by atoms with Crippen LogP contribution in [0.3, 0.4) is 0 Å². The lowest BCUT2D eigenvalue weighted by atomic mass is 9.68. The maximum absolute atomic E-state index is 10.7. The zero-order valence-electron chi connectivity index (χ0n) is 11.0. The van der Waals surface area contributed by atoms with Gasteiger partial charge >= 0.3 is 5.97 Å². The Morgan fingerprint density at radius 3 is 2.19 bits per heavy atom. The van der Waals surface area contributed by atoms with Crippen molar-refractivity contribution in [3.8, 4) is 0 Å². The zero-order valence-corrected chi connectivity index (χ0v) is 11.0. The van der Waals surface area contributed by atoms with Gasteiger partial charge in [0.15, 0.2) is 0 Å². The molecule has 1 saturated carbocycles. The van der Waals surface area contributed by atoms with Crippen molar-refractivity contribution in [3.63, 3.8) is 0 Å². The van der Waals surface area contributed by atoms with Gasteiger partial charge in [-0.1, -0.05) is 27.2 Å². The maximum atomic E-state index is 10.7. The van der Waals surface area contributed by atoms with Crippen molar-refractivity contribution in [2.75, 3.05) is 6.54 Å². The van der Waals surface area contributed by atoms with E-state index in [2.05, 4.69) is 6.92 Å². The summed E-state index contributed by atoms with van der Waals surface area (Å²) in [6.45, 7) is 6.73. The molecular weight excluding hydrogens is 202 g/mol. The van der Waals surface area contributed by atoms with Gasteiger partial charge in [-0.3, -0.25) is 4.79 Å². The second-order valence-electron chi connectivity index (χ2n) is 4.63. The van der Waals surface area contributed by atoms with Gasteiger partial charge in [-0.25, -0.2) is 0 Å². The van der Waals surface area contributed by atoms with E-state index in [1.54, 1.807) is 0 Å². The first-order valence-electron chi connectivity index (χ1n) is 6.54. The van der Waals surface area contributed by atoms with Crippen LogP contribution in [-0.2, 0) is 4.79 Å². The Hall–Kier alpha value is -0.570. The molecule has 3 N–H and O–H groups in total. The summed E-state index contributed by atoms with van der Waals surface area (Å²) < 4.78 is 0. The molecule has 0 heterocycles. The molecule has 1 fully saturated rings. The molecule has 0 radical (unpaired) electrons. The second-order valence-corrected chi connectivity index (χ2v) is 4.63. The first kappa shape index (κ1) is 15.4. The van der Waals surface area contributed by atoms with Crippen LogP contribution in [0.25, 0.3) is 0 Å². The highest BCUT2D eigenvalue weighted by Gasteiger charge is 2.35. The Kier molecular flexibility index (Phi) is 7.39. The molecule has 0 atom stereocenters. The molecule has 0 aromatic rings. The smallest absolute Gasteiger partial charge is 0.303 e. The number of rotatable bonds is 4. The van der Waals surface area contributed by atoms with E-state index in [0.29, 0.717) is 6.54 Å². The van der Waals surface area contributed by atoms with Gasteiger partial charge in [0.25, 0.3) is 0 Å². The SMILES string of the molecule is CC.CCC1CCC(CN)(CC(=O)O)CC1. The molecule has 3 heteroatoms. The van der Waals surface area contributed by atoms with Crippen molar-refractivity contribution in [2.24, 2.45) is 17.1 Å². The molecule has 0 spiro atoms. The molecule has 0 aromatic carbocycles. The molecule has 0 amide bonds. The van der Waals surface area contributed by atoms with Crippen LogP contribution in [0, 0.1) is 11.3 Å². The molecule has 0 saturated heterocycles. The van der Waals surface area contributed by atoms with E-state index in [1.165, 1.54) is 6.42 Å². The summed E-state index contributed by atoms with van der Waals surface area (Å²) in [7, 11) is 0. The van der Waals surface area contributed by atoms with E-state index in [0.717, 1.165) is 31.6 Å². The first-order valence-corrected chi connectivity index (χ1v) is 6.54. The van der Waals surface area contributed by atoms with Crippen LogP contribution >= 0.6 is 0 Å². The lowest BCUT2D eigenvalue weighted by molar-refractivity contribution is -0.140. The average molecular weight is 229 g/mol. The Morgan fingerprint density at radius 2 is 1.88 bits per heavy atom. The third kappa shape index (κ3) is 4.52. The lowest BCUT2D eigenvalue weighted by Crippen LogP contribution is -2.36. The molecule has 0 unspecified atom stereocenters. The van der Waals surface area contributed by atoms with Crippen LogP contribution in [-0.4, -0.2) is 17.6 Å². The normalized spacial score (nSPS) is 29.1. The van der Waals surface area contributed by atoms with Crippen molar-refractivity contribution in [1.29, 1.82) is 0 Å². The van der Waals surface area contributed by atoms with Crippen molar-refractivity contribution in [2.45, 2.75) is 59.3 Å². The summed E-state index contributed by atoms with van der Waals surface area (Å²) in [5.74, 6) is 0.0915. The molecule has 96 valence electrons. The zero-order chi connectivity index (χ0) is 12.6. The summed E-state index contributed by atoms with van der Waals surface area (Å²) in [5.41, 5.74) is 5.61. The van der Waals surface area contributed by atoms with E-state index in [9.17, 15) is 4.79 Å². The number of carboxylic acid groups (broad SMARTS) is 1. The summed E-state index contributed by atoms with van der Waals surface area (Å²) in [6, 6.07) is 0. The van der Waals surface area contributed by atoms with E-state index in [1.807, 2.05) is 13.8 Å². The monoisotopic (exact) mass is 229 g/mol. The van der Waals surface area contributed by atoms with Gasteiger partial charge in [0, 0.05) is 0 Å². The molecule has 1 aliphatic carbocycles. The fraction of sp³-hybridized carbons (Fsp3) is 0.923. The lowest BCUT2D eigenvalue weighted by Gasteiger charge is -2.38. The third-order valence-corrected chi connectivity index (χ3v) is 3.70. The van der Waals surface area contributed by atoms with E-state index >= 15 is 0 Å². The average Bonchev–Trinajstić information content (AvgIpc) is 2.32. The van der Waals surface area contributed by atoms with Crippen molar-refractivity contribution in [3.05, 3.63) is 0 Å². The highest BCUT2D eigenvalue weighted by Crippen LogP contribution is 2.41. The fourth-order valence-corrected chi connectivity index (χ4v) is 2.47. The van der Waals surface area contributed by atoms with Gasteiger partial charge in [-0.15, -0.1) is 0 Å². The molecule has 1 aliphatic rings. The van der Waals surface area contributed by atoms with E-state index < -0.39 is 5.97 Å². The molecular formula is C13H27NO2. The van der Waals surface area contributed by atoms with Gasteiger partial charge in [0.1, 0.15) is 0 Å². The quantitative estimate of drug-likeness (QED) is 0.778. The number of hydrogen-bond donors (Lipinski definition) is 2. The Morgan fingerprint density at radius 1 is 1.38 bits per heavy atom. The van der Waals surface area contributed by atoms with Crippen molar-refractivity contribution in [1.82, 2.24) is 0 Å². The predicted molar refractivity (Wildman–Crippen MR) is 67.3 cm³/mol. The van der Waals surface area contributed by atoms with Gasteiger partial charge < -0.3 is 10.8 Å². The van der Waals surface area contributed by atoms with Crippen LogP contribution < -0.4 is 5.73 Å². The van der Waals surface area contributed by atoms with Crippen LogP contribution in [0.2, 0.25) is 0 Å². The van der Waals surface area contributed by atoms with Crippen LogP contribution in [0.4, 0.5) is 0 Å². The van der Waals surface area contributed by atoms with Gasteiger partial charge in [0.2, 0.25) is 0 Å². The number of carboxylic acids is 1. The topological polar surface area (TPSA) is 63.3 Å². The molecule has 0 aliphatic heterocycles. The summed E-state index contributed by atoms with van der Waals surface area (Å²) in [4.78, 5) is 10.7. The minimum atomic E-state index is -0.703. The van der Waals surface area contributed by atoms with Gasteiger partial charge in [-0.2, -0.15) is 0 Å². The minimum Gasteiger partial charge on any atom is -0.481 e. The molecule has 0 bridgehead atoms. The summed E-state index contributed by atoms with van der Waals surface area (Å²) in [6.07, 6.45) is 5.76.